The van der Waals surface area contributed by atoms with Crippen molar-refractivity contribution in [1.82, 2.24) is 15.0 Å². The number of rotatable bonds is 1. The van der Waals surface area contributed by atoms with Crippen molar-refractivity contribution in [3.8, 4) is 11.4 Å². The Morgan fingerprint density at radius 3 is 2.81 bits per heavy atom. The Balaban J connectivity index is 2.23. The van der Waals surface area contributed by atoms with Crippen molar-refractivity contribution in [3.63, 3.8) is 0 Å². The monoisotopic (exact) mass is 209 g/mol. The van der Waals surface area contributed by atoms with Gasteiger partial charge in [0.15, 0.2) is 0 Å². The van der Waals surface area contributed by atoms with Crippen LogP contribution < -0.4 is 0 Å². The number of hydrogen-bond acceptors (Lipinski definition) is 2. The molecule has 0 aliphatic heterocycles. The molecule has 2 heterocycles. The first kappa shape index (κ1) is 9.09. The van der Waals surface area contributed by atoms with E-state index in [0.717, 1.165) is 22.4 Å². The summed E-state index contributed by atoms with van der Waals surface area (Å²) in [5.41, 5.74) is 4.29. The van der Waals surface area contributed by atoms with Gasteiger partial charge in [-0.15, -0.1) is 0 Å². The standard InChI is InChI=1S/C13H11N3/c1-9-4-2-6-11-12(9)16-13(15-11)10-5-3-7-14-8-10/h2-8H,1H3,(H,15,16). The van der Waals surface area contributed by atoms with Crippen LogP contribution in [0.3, 0.4) is 0 Å². The summed E-state index contributed by atoms with van der Waals surface area (Å²) in [6.45, 7) is 2.07. The van der Waals surface area contributed by atoms with Crippen molar-refractivity contribution in [2.24, 2.45) is 0 Å². The SMILES string of the molecule is Cc1cccc2[nH]c(-c3cccnc3)nc12. The summed E-state index contributed by atoms with van der Waals surface area (Å²) in [5.74, 6) is 0.873. The third-order valence-corrected chi connectivity index (χ3v) is 2.65. The van der Waals surface area contributed by atoms with Gasteiger partial charge in [-0.1, -0.05) is 12.1 Å². The molecule has 0 bridgehead atoms. The highest BCUT2D eigenvalue weighted by Gasteiger charge is 2.05. The molecule has 0 amide bonds. The topological polar surface area (TPSA) is 41.6 Å². The molecule has 2 aromatic heterocycles. The average molecular weight is 209 g/mol. The molecule has 0 saturated heterocycles. The van der Waals surface area contributed by atoms with Gasteiger partial charge >= 0.3 is 0 Å². The Bertz CT molecular complexity index is 626. The zero-order chi connectivity index (χ0) is 11.0. The molecule has 0 saturated carbocycles. The van der Waals surface area contributed by atoms with Crippen LogP contribution in [0.4, 0.5) is 0 Å². The van der Waals surface area contributed by atoms with E-state index in [-0.39, 0.29) is 0 Å². The van der Waals surface area contributed by atoms with Gasteiger partial charge in [0.25, 0.3) is 0 Å². The minimum Gasteiger partial charge on any atom is -0.338 e. The van der Waals surface area contributed by atoms with Gasteiger partial charge in [0.05, 0.1) is 11.0 Å². The van der Waals surface area contributed by atoms with Crippen molar-refractivity contribution >= 4 is 11.0 Å². The van der Waals surface area contributed by atoms with E-state index in [1.54, 1.807) is 6.20 Å². The summed E-state index contributed by atoms with van der Waals surface area (Å²) in [5, 5.41) is 0. The van der Waals surface area contributed by atoms with E-state index < -0.39 is 0 Å². The molecule has 78 valence electrons. The van der Waals surface area contributed by atoms with Crippen LogP contribution in [0.1, 0.15) is 5.56 Å². The summed E-state index contributed by atoms with van der Waals surface area (Å²) in [6, 6.07) is 10.0. The van der Waals surface area contributed by atoms with E-state index in [4.69, 9.17) is 0 Å². The van der Waals surface area contributed by atoms with Crippen LogP contribution in [0.25, 0.3) is 22.4 Å². The number of fused-ring (bicyclic) bond motifs is 1. The van der Waals surface area contributed by atoms with Crippen LogP contribution in [-0.2, 0) is 0 Å². The molecule has 0 atom stereocenters. The predicted octanol–water partition coefficient (Wildman–Crippen LogP) is 2.93. The van der Waals surface area contributed by atoms with Crippen LogP contribution in [0, 0.1) is 6.92 Å². The fraction of sp³-hybridized carbons (Fsp3) is 0.0769. The Labute approximate surface area is 93.2 Å². The lowest BCUT2D eigenvalue weighted by atomic mass is 10.2. The molecule has 0 spiro atoms. The summed E-state index contributed by atoms with van der Waals surface area (Å²) < 4.78 is 0. The van der Waals surface area contributed by atoms with E-state index in [0.29, 0.717) is 0 Å². The van der Waals surface area contributed by atoms with Crippen LogP contribution >= 0.6 is 0 Å². The Morgan fingerprint density at radius 2 is 2.06 bits per heavy atom. The molecule has 0 unspecified atom stereocenters. The van der Waals surface area contributed by atoms with Crippen LogP contribution in [-0.4, -0.2) is 15.0 Å². The predicted molar refractivity (Wildman–Crippen MR) is 64.1 cm³/mol. The normalized spacial score (nSPS) is 10.8. The third kappa shape index (κ3) is 1.37. The van der Waals surface area contributed by atoms with E-state index >= 15 is 0 Å². The molecular formula is C13H11N3. The summed E-state index contributed by atoms with van der Waals surface area (Å²) >= 11 is 0. The molecule has 3 heteroatoms. The quantitative estimate of drug-likeness (QED) is 0.669. The highest BCUT2D eigenvalue weighted by atomic mass is 14.9. The van der Waals surface area contributed by atoms with Gasteiger partial charge in [-0.25, -0.2) is 4.98 Å². The molecule has 0 fully saturated rings. The number of pyridine rings is 1. The van der Waals surface area contributed by atoms with Crippen molar-refractivity contribution < 1.29 is 0 Å². The maximum absolute atomic E-state index is 4.59. The molecular weight excluding hydrogens is 198 g/mol. The fourth-order valence-corrected chi connectivity index (χ4v) is 1.82. The van der Waals surface area contributed by atoms with Gasteiger partial charge in [0.1, 0.15) is 5.82 Å². The number of H-pyrrole nitrogens is 1. The number of nitrogens with one attached hydrogen (secondary N) is 1. The second kappa shape index (κ2) is 3.45. The minimum atomic E-state index is 0.873. The summed E-state index contributed by atoms with van der Waals surface area (Å²) in [6.07, 6.45) is 3.57. The molecule has 0 aliphatic rings. The second-order valence-electron chi connectivity index (χ2n) is 3.80. The lowest BCUT2D eigenvalue weighted by molar-refractivity contribution is 1.27. The number of aromatic amines is 1. The lowest BCUT2D eigenvalue weighted by Gasteiger charge is -1.92. The van der Waals surface area contributed by atoms with Crippen molar-refractivity contribution in [3.05, 3.63) is 48.3 Å². The van der Waals surface area contributed by atoms with E-state index in [9.17, 15) is 0 Å². The molecule has 1 N–H and O–H groups in total. The van der Waals surface area contributed by atoms with Crippen molar-refractivity contribution in [2.45, 2.75) is 6.92 Å². The Kier molecular flexibility index (Phi) is 1.96. The average Bonchev–Trinajstić information content (AvgIpc) is 2.76. The van der Waals surface area contributed by atoms with Crippen molar-refractivity contribution in [1.29, 1.82) is 0 Å². The van der Waals surface area contributed by atoms with Crippen LogP contribution in [0.15, 0.2) is 42.7 Å². The summed E-state index contributed by atoms with van der Waals surface area (Å²) in [4.78, 5) is 12.0. The first-order valence-electron chi connectivity index (χ1n) is 5.20. The fourth-order valence-electron chi connectivity index (χ4n) is 1.82. The maximum atomic E-state index is 4.59. The minimum absolute atomic E-state index is 0.873. The smallest absolute Gasteiger partial charge is 0.140 e. The van der Waals surface area contributed by atoms with Crippen LogP contribution in [0.5, 0.6) is 0 Å². The molecule has 0 aliphatic carbocycles. The van der Waals surface area contributed by atoms with Gasteiger partial charge in [0, 0.05) is 18.0 Å². The molecule has 16 heavy (non-hydrogen) atoms. The molecule has 1 aromatic carbocycles. The number of para-hydroxylation sites is 1. The van der Waals surface area contributed by atoms with Crippen LogP contribution in [0.2, 0.25) is 0 Å². The third-order valence-electron chi connectivity index (χ3n) is 2.65. The first-order chi connectivity index (χ1) is 7.84. The Morgan fingerprint density at radius 1 is 1.12 bits per heavy atom. The van der Waals surface area contributed by atoms with Gasteiger partial charge in [0.2, 0.25) is 0 Å². The number of nitrogens with zero attached hydrogens (tertiary/aromatic N) is 2. The van der Waals surface area contributed by atoms with Gasteiger partial charge < -0.3 is 4.98 Å². The number of imidazole rings is 1. The van der Waals surface area contributed by atoms with Crippen molar-refractivity contribution in [2.75, 3.05) is 0 Å². The number of aromatic nitrogens is 3. The molecule has 3 rings (SSSR count). The van der Waals surface area contributed by atoms with Gasteiger partial charge in [-0.3, -0.25) is 4.98 Å². The van der Waals surface area contributed by atoms with E-state index in [1.165, 1.54) is 5.56 Å². The zero-order valence-electron chi connectivity index (χ0n) is 8.94. The van der Waals surface area contributed by atoms with E-state index in [1.807, 2.05) is 30.5 Å². The molecule has 3 aromatic rings. The number of benzene rings is 1. The largest absolute Gasteiger partial charge is 0.338 e. The molecule has 0 radical (unpaired) electrons. The first-order valence-corrected chi connectivity index (χ1v) is 5.20. The zero-order valence-corrected chi connectivity index (χ0v) is 8.94. The summed E-state index contributed by atoms with van der Waals surface area (Å²) in [7, 11) is 0. The highest BCUT2D eigenvalue weighted by molar-refractivity contribution is 5.81. The van der Waals surface area contributed by atoms with Gasteiger partial charge in [-0.2, -0.15) is 0 Å². The Hall–Kier alpha value is -2.16. The number of hydrogen-bond donors (Lipinski definition) is 1. The molecule has 3 nitrogen and oxygen atoms in total. The second-order valence-corrected chi connectivity index (χ2v) is 3.80. The van der Waals surface area contributed by atoms with Gasteiger partial charge in [-0.05, 0) is 30.7 Å². The lowest BCUT2D eigenvalue weighted by Crippen LogP contribution is -1.80. The highest BCUT2D eigenvalue weighted by Crippen LogP contribution is 2.21. The van der Waals surface area contributed by atoms with E-state index in [2.05, 4.69) is 27.9 Å². The maximum Gasteiger partial charge on any atom is 0.140 e. The number of aryl methyl sites for hydroxylation is 1.